The summed E-state index contributed by atoms with van der Waals surface area (Å²) in [5, 5.41) is 9.32. The van der Waals surface area contributed by atoms with E-state index in [1.54, 1.807) is 0 Å². The second-order valence-corrected chi connectivity index (χ2v) is 4.37. The third kappa shape index (κ3) is 3.58. The van der Waals surface area contributed by atoms with Crippen molar-refractivity contribution in [1.82, 2.24) is 0 Å². The lowest BCUT2D eigenvalue weighted by Gasteiger charge is -2.12. The third-order valence-electron chi connectivity index (χ3n) is 2.94. The van der Waals surface area contributed by atoms with E-state index in [1.807, 2.05) is 30.3 Å². The van der Waals surface area contributed by atoms with Gasteiger partial charge in [-0.3, -0.25) is 0 Å². The van der Waals surface area contributed by atoms with Crippen LogP contribution in [0, 0.1) is 5.82 Å². The minimum absolute atomic E-state index is 0.0334. The van der Waals surface area contributed by atoms with Crippen LogP contribution in [0.3, 0.4) is 0 Å². The summed E-state index contributed by atoms with van der Waals surface area (Å²) in [7, 11) is 1.21. The molecule has 0 atom stereocenters. The van der Waals surface area contributed by atoms with E-state index in [9.17, 15) is 14.3 Å². The average Bonchev–Trinajstić information content (AvgIpc) is 2.53. The van der Waals surface area contributed by atoms with Crippen LogP contribution < -0.4 is 4.74 Å². The highest BCUT2D eigenvalue weighted by Gasteiger charge is 2.16. The van der Waals surface area contributed by atoms with Gasteiger partial charge in [0.05, 0.1) is 19.3 Å². The molecule has 5 heteroatoms. The number of esters is 1. The van der Waals surface area contributed by atoms with Crippen LogP contribution in [-0.2, 0) is 18.0 Å². The Kier molecular flexibility index (Phi) is 4.90. The van der Waals surface area contributed by atoms with Gasteiger partial charge in [-0.2, -0.15) is 0 Å². The fraction of sp³-hybridized carbons (Fsp3) is 0.188. The summed E-state index contributed by atoms with van der Waals surface area (Å²) in [5.41, 5.74) is 1.11. The minimum atomic E-state index is -0.710. The number of halogens is 1. The molecule has 1 N–H and O–H groups in total. The zero-order chi connectivity index (χ0) is 15.2. The summed E-state index contributed by atoms with van der Waals surface area (Å²) in [6.07, 6.45) is 0. The summed E-state index contributed by atoms with van der Waals surface area (Å²) in [4.78, 5) is 11.4. The fourth-order valence-corrected chi connectivity index (χ4v) is 1.89. The lowest BCUT2D eigenvalue weighted by Crippen LogP contribution is -2.06. The molecule has 0 spiro atoms. The fourth-order valence-electron chi connectivity index (χ4n) is 1.89. The predicted molar refractivity (Wildman–Crippen MR) is 74.4 cm³/mol. The van der Waals surface area contributed by atoms with Crippen molar-refractivity contribution in [2.24, 2.45) is 0 Å². The zero-order valence-electron chi connectivity index (χ0n) is 11.5. The molecule has 2 rings (SSSR count). The van der Waals surface area contributed by atoms with Gasteiger partial charge in [0.15, 0.2) is 11.6 Å². The normalized spacial score (nSPS) is 10.2. The quantitative estimate of drug-likeness (QED) is 0.860. The first-order valence-electron chi connectivity index (χ1n) is 6.34. The summed E-state index contributed by atoms with van der Waals surface area (Å²) >= 11 is 0. The standard InChI is InChI=1S/C16H15FO4/c1-20-16(19)12-7-13(9-18)15(14(17)8-12)21-10-11-5-3-2-4-6-11/h2-8,18H,9-10H2,1H3. The number of methoxy groups -OCH3 is 1. The highest BCUT2D eigenvalue weighted by molar-refractivity contribution is 5.89. The van der Waals surface area contributed by atoms with E-state index in [0.29, 0.717) is 0 Å². The zero-order valence-corrected chi connectivity index (χ0v) is 11.5. The number of ether oxygens (including phenoxy) is 2. The van der Waals surface area contributed by atoms with Crippen molar-refractivity contribution in [2.75, 3.05) is 7.11 Å². The van der Waals surface area contributed by atoms with Gasteiger partial charge in [0, 0.05) is 5.56 Å². The maximum atomic E-state index is 14.1. The second-order valence-electron chi connectivity index (χ2n) is 4.37. The molecule has 110 valence electrons. The molecule has 0 aliphatic rings. The van der Waals surface area contributed by atoms with Gasteiger partial charge in [0.1, 0.15) is 6.61 Å². The van der Waals surface area contributed by atoms with E-state index in [0.717, 1.165) is 11.6 Å². The monoisotopic (exact) mass is 290 g/mol. The highest BCUT2D eigenvalue weighted by atomic mass is 19.1. The summed E-state index contributed by atoms with van der Waals surface area (Å²) < 4.78 is 24.0. The summed E-state index contributed by atoms with van der Waals surface area (Å²) in [5.74, 6) is -1.44. The Bertz CT molecular complexity index is 626. The molecule has 0 fully saturated rings. The molecule has 21 heavy (non-hydrogen) atoms. The Morgan fingerprint density at radius 2 is 1.95 bits per heavy atom. The van der Waals surface area contributed by atoms with E-state index >= 15 is 0 Å². The molecule has 0 aliphatic carbocycles. The van der Waals surface area contributed by atoms with Gasteiger partial charge in [0.25, 0.3) is 0 Å². The topological polar surface area (TPSA) is 55.8 Å². The molecule has 4 nitrogen and oxygen atoms in total. The van der Waals surface area contributed by atoms with Crippen LogP contribution in [0.25, 0.3) is 0 Å². The molecule has 0 aliphatic heterocycles. The number of carbonyl (C=O) groups excluding carboxylic acids is 1. The van der Waals surface area contributed by atoms with Crippen LogP contribution in [0.2, 0.25) is 0 Å². The minimum Gasteiger partial charge on any atom is -0.485 e. The molecule has 0 saturated heterocycles. The van der Waals surface area contributed by atoms with Gasteiger partial charge in [-0.15, -0.1) is 0 Å². The van der Waals surface area contributed by atoms with Crippen LogP contribution in [-0.4, -0.2) is 18.2 Å². The largest absolute Gasteiger partial charge is 0.485 e. The summed E-state index contributed by atoms with van der Waals surface area (Å²) in [6, 6.07) is 11.7. The summed E-state index contributed by atoms with van der Waals surface area (Å²) in [6.45, 7) is -0.270. The Hall–Kier alpha value is -2.40. The Balaban J connectivity index is 2.24. The highest BCUT2D eigenvalue weighted by Crippen LogP contribution is 2.26. The molecule has 0 aromatic heterocycles. The lowest BCUT2D eigenvalue weighted by atomic mass is 10.1. The van der Waals surface area contributed by atoms with Crippen molar-refractivity contribution in [2.45, 2.75) is 13.2 Å². The maximum absolute atomic E-state index is 14.1. The average molecular weight is 290 g/mol. The van der Waals surface area contributed by atoms with Gasteiger partial charge in [-0.05, 0) is 17.7 Å². The molecular formula is C16H15FO4. The molecule has 0 bridgehead atoms. The third-order valence-corrected chi connectivity index (χ3v) is 2.94. The molecule has 0 heterocycles. The number of rotatable bonds is 5. The van der Waals surface area contributed by atoms with Crippen molar-refractivity contribution in [3.05, 3.63) is 65.0 Å². The van der Waals surface area contributed by atoms with E-state index < -0.39 is 18.4 Å². The Morgan fingerprint density at radius 3 is 2.57 bits per heavy atom. The number of aliphatic hydroxyl groups excluding tert-OH is 1. The van der Waals surface area contributed by atoms with Crippen LogP contribution in [0.5, 0.6) is 5.75 Å². The smallest absolute Gasteiger partial charge is 0.337 e. The molecule has 2 aromatic carbocycles. The molecule has 2 aromatic rings. The first-order valence-corrected chi connectivity index (χ1v) is 6.34. The van der Waals surface area contributed by atoms with Crippen LogP contribution in [0.15, 0.2) is 42.5 Å². The van der Waals surface area contributed by atoms with Crippen molar-refractivity contribution < 1.29 is 23.8 Å². The van der Waals surface area contributed by atoms with Crippen molar-refractivity contribution in [3.63, 3.8) is 0 Å². The second kappa shape index (κ2) is 6.85. The predicted octanol–water partition coefficient (Wildman–Crippen LogP) is 2.68. The van der Waals surface area contributed by atoms with Crippen LogP contribution in [0.1, 0.15) is 21.5 Å². The van der Waals surface area contributed by atoms with Crippen LogP contribution in [0.4, 0.5) is 4.39 Å². The SMILES string of the molecule is COC(=O)c1cc(F)c(OCc2ccccc2)c(CO)c1. The van der Waals surface area contributed by atoms with Crippen LogP contribution >= 0.6 is 0 Å². The Labute approximate surface area is 121 Å². The van der Waals surface area contributed by atoms with E-state index in [4.69, 9.17) is 4.74 Å². The van der Waals surface area contributed by atoms with Crippen molar-refractivity contribution in [1.29, 1.82) is 0 Å². The Morgan fingerprint density at radius 1 is 1.24 bits per heavy atom. The van der Waals surface area contributed by atoms with Gasteiger partial charge in [-0.1, -0.05) is 30.3 Å². The number of carbonyl (C=O) groups is 1. The van der Waals surface area contributed by atoms with Crippen molar-refractivity contribution in [3.8, 4) is 5.75 Å². The first-order chi connectivity index (χ1) is 10.2. The van der Waals surface area contributed by atoms with Gasteiger partial charge >= 0.3 is 5.97 Å². The lowest BCUT2D eigenvalue weighted by molar-refractivity contribution is 0.0599. The van der Waals surface area contributed by atoms with Crippen molar-refractivity contribution >= 4 is 5.97 Å². The number of hydrogen-bond donors (Lipinski definition) is 1. The molecule has 0 saturated carbocycles. The van der Waals surface area contributed by atoms with E-state index in [1.165, 1.54) is 13.2 Å². The van der Waals surface area contributed by atoms with Gasteiger partial charge in [-0.25, -0.2) is 9.18 Å². The maximum Gasteiger partial charge on any atom is 0.337 e. The molecule has 0 unspecified atom stereocenters. The molecule has 0 amide bonds. The number of hydrogen-bond acceptors (Lipinski definition) is 4. The number of benzene rings is 2. The molecule has 0 radical (unpaired) electrons. The van der Waals surface area contributed by atoms with Gasteiger partial charge < -0.3 is 14.6 Å². The first kappa shape index (κ1) is 15.0. The molecular weight excluding hydrogens is 275 g/mol. The van der Waals surface area contributed by atoms with E-state index in [2.05, 4.69) is 4.74 Å². The van der Waals surface area contributed by atoms with Gasteiger partial charge in [0.2, 0.25) is 0 Å². The number of aliphatic hydroxyl groups is 1. The van der Waals surface area contributed by atoms with E-state index in [-0.39, 0.29) is 23.5 Å².